The molecule has 3 fully saturated rings. The number of hydrogen-bond donors (Lipinski definition) is 4. The molecule has 38 heavy (non-hydrogen) atoms. The molecule has 3 aliphatic rings. The summed E-state index contributed by atoms with van der Waals surface area (Å²) >= 11 is 0. The van der Waals surface area contributed by atoms with Gasteiger partial charge in [-0.1, -0.05) is 0 Å². The van der Waals surface area contributed by atoms with Gasteiger partial charge in [-0.3, -0.25) is 38.3 Å². The molecule has 2 aromatic heterocycles. The highest BCUT2D eigenvalue weighted by Crippen LogP contribution is 2.33. The molecule has 14 heteroatoms. The Morgan fingerprint density at radius 3 is 1.47 bits per heavy atom. The first-order valence-electron chi connectivity index (χ1n) is 12.6. The zero-order valence-corrected chi connectivity index (χ0v) is 21.0. The first-order chi connectivity index (χ1) is 18.1. The lowest BCUT2D eigenvalue weighted by molar-refractivity contribution is -0.124. The molecule has 2 aromatic rings. The third-order valence-corrected chi connectivity index (χ3v) is 7.39. The minimum Gasteiger partial charge on any atom is -0.352 e. The summed E-state index contributed by atoms with van der Waals surface area (Å²) in [6, 6.07) is -0.871. The molecule has 5 heterocycles. The number of nitrogens with one attached hydrogen (secondary N) is 4. The Balaban J connectivity index is 1.32. The predicted molar refractivity (Wildman–Crippen MR) is 132 cm³/mol. The Kier molecular flexibility index (Phi) is 6.92. The standard InChI is InChI=1S/C24H30N6O8/c1-11-9-29(23(35)27-21(11)33)19-7-13-15(37-19)3-5-18(32)26-14-8-20(38-16(14)4-6-17(31)25-13)30-10-12(2)22(34)28-24(30)36/h9-10,13-16,19-20H,3-8H2,1-2H3,(H,25,31)(H,26,32)(H,27,33,35)(H,28,34,36)/t13-,14-,15+,16+,19+,20+/m0/s1. The van der Waals surface area contributed by atoms with Gasteiger partial charge in [-0.25, -0.2) is 9.59 Å². The van der Waals surface area contributed by atoms with Crippen molar-refractivity contribution >= 4 is 11.8 Å². The Morgan fingerprint density at radius 2 is 1.08 bits per heavy atom. The van der Waals surface area contributed by atoms with Crippen LogP contribution in [0.2, 0.25) is 0 Å². The maximum atomic E-state index is 12.9. The summed E-state index contributed by atoms with van der Waals surface area (Å²) in [7, 11) is 0. The molecule has 0 spiro atoms. The van der Waals surface area contributed by atoms with Crippen LogP contribution < -0.4 is 33.1 Å². The second kappa shape index (κ2) is 10.2. The normalized spacial score (nSPS) is 29.9. The number of rotatable bonds is 2. The van der Waals surface area contributed by atoms with E-state index in [1.54, 1.807) is 13.8 Å². The van der Waals surface area contributed by atoms with Gasteiger partial charge in [0.2, 0.25) is 11.8 Å². The quantitative estimate of drug-likeness (QED) is 0.374. The summed E-state index contributed by atoms with van der Waals surface area (Å²) in [5.74, 6) is -0.465. The van der Waals surface area contributed by atoms with Gasteiger partial charge in [0, 0.05) is 49.2 Å². The second-order valence-electron chi connectivity index (χ2n) is 10.1. The highest BCUT2D eigenvalue weighted by Gasteiger charge is 2.41. The van der Waals surface area contributed by atoms with E-state index in [0.717, 1.165) is 0 Å². The molecule has 204 valence electrons. The van der Waals surface area contributed by atoms with E-state index in [4.69, 9.17) is 9.47 Å². The summed E-state index contributed by atoms with van der Waals surface area (Å²) in [6.45, 7) is 3.16. The van der Waals surface area contributed by atoms with E-state index in [9.17, 15) is 28.8 Å². The third-order valence-electron chi connectivity index (χ3n) is 7.39. The topological polar surface area (TPSA) is 186 Å². The second-order valence-corrected chi connectivity index (χ2v) is 10.1. The molecule has 0 saturated carbocycles. The van der Waals surface area contributed by atoms with Crippen LogP contribution in [0, 0.1) is 13.8 Å². The van der Waals surface area contributed by atoms with Crippen molar-refractivity contribution in [3.63, 3.8) is 0 Å². The van der Waals surface area contributed by atoms with Crippen LogP contribution in [0.25, 0.3) is 0 Å². The largest absolute Gasteiger partial charge is 0.352 e. The molecular weight excluding hydrogens is 500 g/mol. The Morgan fingerprint density at radius 1 is 0.684 bits per heavy atom. The summed E-state index contributed by atoms with van der Waals surface area (Å²) < 4.78 is 14.8. The van der Waals surface area contributed by atoms with Gasteiger partial charge in [0.05, 0.1) is 24.3 Å². The highest BCUT2D eigenvalue weighted by molar-refractivity contribution is 5.77. The number of aromatic amines is 2. The van der Waals surface area contributed by atoms with Crippen molar-refractivity contribution in [2.24, 2.45) is 0 Å². The number of fused-ring (bicyclic) bond motifs is 2. The fourth-order valence-corrected chi connectivity index (χ4v) is 5.35. The number of aromatic nitrogens is 4. The van der Waals surface area contributed by atoms with Gasteiger partial charge in [0.1, 0.15) is 12.5 Å². The molecular formula is C24H30N6O8. The molecule has 6 atom stereocenters. The maximum Gasteiger partial charge on any atom is 0.330 e. The molecule has 0 unspecified atom stereocenters. The summed E-state index contributed by atoms with van der Waals surface area (Å²) in [4.78, 5) is 78.5. The predicted octanol–water partition coefficient (Wildman–Crippen LogP) is -1.18. The van der Waals surface area contributed by atoms with E-state index >= 15 is 0 Å². The highest BCUT2D eigenvalue weighted by atomic mass is 16.5. The van der Waals surface area contributed by atoms with Gasteiger partial charge in [-0.15, -0.1) is 0 Å². The molecule has 0 radical (unpaired) electrons. The number of amides is 2. The van der Waals surface area contributed by atoms with Gasteiger partial charge in [0.25, 0.3) is 11.1 Å². The van der Waals surface area contributed by atoms with Crippen molar-refractivity contribution in [3.8, 4) is 0 Å². The third kappa shape index (κ3) is 5.13. The molecule has 0 aromatic carbocycles. The summed E-state index contributed by atoms with van der Waals surface area (Å²) in [5, 5.41) is 5.94. The monoisotopic (exact) mass is 530 g/mol. The van der Waals surface area contributed by atoms with Crippen LogP contribution in [-0.2, 0) is 19.1 Å². The number of ether oxygens (including phenoxy) is 2. The molecule has 3 aliphatic heterocycles. The van der Waals surface area contributed by atoms with E-state index in [0.29, 0.717) is 36.8 Å². The SMILES string of the molecule is Cc1cn([C@H]2C[C@@H]3NC(=O)CC[C@H]4O[C@@H](n5cc(C)c(=O)[nH]c5=O)C[C@@H]4NC(=O)CC[C@H]3O2)c(=O)[nH]c1=O. The van der Waals surface area contributed by atoms with Crippen LogP contribution in [0.3, 0.4) is 0 Å². The molecule has 14 nitrogen and oxygen atoms in total. The van der Waals surface area contributed by atoms with Crippen molar-refractivity contribution in [1.29, 1.82) is 0 Å². The van der Waals surface area contributed by atoms with Crippen molar-refractivity contribution in [2.75, 3.05) is 0 Å². The first-order valence-corrected chi connectivity index (χ1v) is 12.6. The van der Waals surface area contributed by atoms with Crippen LogP contribution in [0.1, 0.15) is 62.1 Å². The Bertz CT molecular complexity index is 1380. The van der Waals surface area contributed by atoms with Gasteiger partial charge < -0.3 is 20.1 Å². The summed E-state index contributed by atoms with van der Waals surface area (Å²) in [6.07, 6.45) is 1.81. The minimum atomic E-state index is -0.705. The van der Waals surface area contributed by atoms with Crippen LogP contribution >= 0.6 is 0 Å². The van der Waals surface area contributed by atoms with Gasteiger partial charge in [-0.2, -0.15) is 0 Å². The lowest BCUT2D eigenvalue weighted by Crippen LogP contribution is -2.45. The smallest absolute Gasteiger partial charge is 0.330 e. The maximum absolute atomic E-state index is 12.9. The number of carbonyl (C=O) groups is 2. The van der Waals surface area contributed by atoms with Gasteiger partial charge in [0.15, 0.2) is 0 Å². The van der Waals surface area contributed by atoms with Crippen LogP contribution in [0.15, 0.2) is 31.6 Å². The number of carbonyl (C=O) groups excluding carboxylic acids is 2. The number of aryl methyl sites for hydroxylation is 2. The van der Waals surface area contributed by atoms with E-state index in [-0.39, 0.29) is 24.7 Å². The van der Waals surface area contributed by atoms with Crippen LogP contribution in [0.5, 0.6) is 0 Å². The molecule has 0 bridgehead atoms. The molecule has 0 aliphatic carbocycles. The Labute approximate surface area is 215 Å². The van der Waals surface area contributed by atoms with Crippen LogP contribution in [-0.4, -0.2) is 55.2 Å². The van der Waals surface area contributed by atoms with E-state index in [2.05, 4.69) is 20.6 Å². The zero-order chi connectivity index (χ0) is 27.1. The average molecular weight is 531 g/mol. The number of nitrogens with zero attached hydrogens (tertiary/aromatic N) is 2. The minimum absolute atomic E-state index is 0.106. The van der Waals surface area contributed by atoms with E-state index in [1.165, 1.54) is 21.5 Å². The molecule has 2 amide bonds. The summed E-state index contributed by atoms with van der Waals surface area (Å²) in [5.41, 5.74) is -1.46. The lowest BCUT2D eigenvalue weighted by atomic mass is 10.0. The number of hydrogen-bond acceptors (Lipinski definition) is 8. The van der Waals surface area contributed by atoms with E-state index in [1.807, 2.05) is 0 Å². The molecule has 3 saturated heterocycles. The lowest BCUT2D eigenvalue weighted by Gasteiger charge is -2.24. The van der Waals surface area contributed by atoms with Crippen molar-refractivity contribution < 1.29 is 19.1 Å². The first kappa shape index (κ1) is 25.9. The van der Waals surface area contributed by atoms with Crippen molar-refractivity contribution in [2.45, 2.75) is 89.1 Å². The van der Waals surface area contributed by atoms with Crippen LogP contribution in [0.4, 0.5) is 0 Å². The van der Waals surface area contributed by atoms with Gasteiger partial charge >= 0.3 is 11.4 Å². The fraction of sp³-hybridized carbons (Fsp3) is 0.583. The Hall–Kier alpha value is -3.78. The molecule has 5 rings (SSSR count). The molecule has 4 N–H and O–H groups in total. The fourth-order valence-electron chi connectivity index (χ4n) is 5.35. The van der Waals surface area contributed by atoms with Crippen molar-refractivity contribution in [1.82, 2.24) is 29.7 Å². The zero-order valence-electron chi connectivity index (χ0n) is 21.0. The average Bonchev–Trinajstić information content (AvgIpc) is 3.44. The van der Waals surface area contributed by atoms with E-state index < -0.39 is 59.2 Å². The van der Waals surface area contributed by atoms with Crippen molar-refractivity contribution in [3.05, 3.63) is 65.2 Å². The number of H-pyrrole nitrogens is 2. The van der Waals surface area contributed by atoms with Gasteiger partial charge in [-0.05, 0) is 26.7 Å².